The monoisotopic (exact) mass is 305 g/mol. The molecule has 0 aliphatic carbocycles. The summed E-state index contributed by atoms with van der Waals surface area (Å²) in [5.74, 6) is 0.838. The van der Waals surface area contributed by atoms with Crippen LogP contribution in [0.3, 0.4) is 0 Å². The van der Waals surface area contributed by atoms with Gasteiger partial charge in [-0.05, 0) is 30.4 Å². The third kappa shape index (κ3) is 4.84. The lowest BCUT2D eigenvalue weighted by atomic mass is 9.86. The average molecular weight is 305 g/mol. The maximum atomic E-state index is 12.8. The van der Waals surface area contributed by atoms with Crippen molar-refractivity contribution in [3.63, 3.8) is 0 Å². The van der Waals surface area contributed by atoms with Crippen LogP contribution in [-0.4, -0.2) is 35.3 Å². The molecule has 22 heavy (non-hydrogen) atoms. The minimum atomic E-state index is 0.0449. The number of H-pyrrole nitrogens is 1. The van der Waals surface area contributed by atoms with E-state index < -0.39 is 0 Å². The summed E-state index contributed by atoms with van der Waals surface area (Å²) >= 11 is 0. The number of halogens is 1. The number of benzene rings is 1. The van der Waals surface area contributed by atoms with Gasteiger partial charge in [0.05, 0.1) is 24.8 Å². The van der Waals surface area contributed by atoms with Crippen LogP contribution in [-0.2, 0) is 0 Å². The minimum Gasteiger partial charge on any atom is -0.493 e. The van der Waals surface area contributed by atoms with E-state index in [4.69, 9.17) is 4.74 Å². The Labute approximate surface area is 131 Å². The Morgan fingerprint density at radius 3 is 2.73 bits per heavy atom. The second kappa shape index (κ2) is 7.40. The van der Waals surface area contributed by atoms with E-state index in [-0.39, 0.29) is 5.41 Å². The summed E-state index contributed by atoms with van der Waals surface area (Å²) < 4.78 is 18.8. The average Bonchev–Trinajstić information content (AvgIpc) is 3.00. The van der Waals surface area contributed by atoms with Crippen LogP contribution in [0.15, 0.2) is 36.8 Å². The van der Waals surface area contributed by atoms with Gasteiger partial charge in [0, 0.05) is 19.2 Å². The zero-order valence-electron chi connectivity index (χ0n) is 13.5. The van der Waals surface area contributed by atoms with Crippen LogP contribution in [0.5, 0.6) is 5.75 Å². The highest BCUT2D eigenvalue weighted by Gasteiger charge is 2.19. The number of aromatic amines is 1. The molecule has 0 fully saturated rings. The van der Waals surface area contributed by atoms with Crippen molar-refractivity contribution in [1.82, 2.24) is 15.1 Å². The third-order valence-electron chi connectivity index (χ3n) is 3.81. The van der Waals surface area contributed by atoms with Gasteiger partial charge in [-0.25, -0.2) is 4.98 Å². The van der Waals surface area contributed by atoms with Crippen molar-refractivity contribution in [3.8, 4) is 17.0 Å². The summed E-state index contributed by atoms with van der Waals surface area (Å²) in [6.45, 7) is 5.33. The topological polar surface area (TPSA) is 41.1 Å². The number of rotatable bonds is 8. The number of aromatic nitrogens is 2. The highest BCUT2D eigenvalue weighted by atomic mass is 19.2. The fourth-order valence-corrected chi connectivity index (χ4v) is 2.24. The zero-order valence-corrected chi connectivity index (χ0v) is 13.5. The highest BCUT2D eigenvalue weighted by molar-refractivity contribution is 5.66. The molecule has 0 saturated carbocycles. The van der Waals surface area contributed by atoms with Gasteiger partial charge < -0.3 is 9.72 Å². The Balaban J connectivity index is 1.92. The summed E-state index contributed by atoms with van der Waals surface area (Å²) in [4.78, 5) is 7.14. The highest BCUT2D eigenvalue weighted by Crippen LogP contribution is 2.30. The first-order valence-corrected chi connectivity index (χ1v) is 7.55. The van der Waals surface area contributed by atoms with Crippen LogP contribution in [0.2, 0.25) is 0 Å². The van der Waals surface area contributed by atoms with Crippen LogP contribution in [0.1, 0.15) is 26.7 Å². The molecular formula is C17H24FN3O. The van der Waals surface area contributed by atoms with Gasteiger partial charge in [0.2, 0.25) is 0 Å². The molecule has 2 aromatic rings. The molecule has 0 radical (unpaired) electrons. The molecule has 1 N–H and O–H groups in total. The number of hydrogen-bond donors (Lipinski definition) is 1. The van der Waals surface area contributed by atoms with Crippen molar-refractivity contribution in [2.75, 3.05) is 20.2 Å². The molecule has 4 nitrogen and oxygen atoms in total. The van der Waals surface area contributed by atoms with Gasteiger partial charge in [-0.2, -0.15) is 0 Å². The normalized spacial score (nSPS) is 11.9. The summed E-state index contributed by atoms with van der Waals surface area (Å²) in [5, 5.41) is 0.732. The van der Waals surface area contributed by atoms with Gasteiger partial charge in [-0.1, -0.05) is 26.0 Å². The Morgan fingerprint density at radius 1 is 1.27 bits per heavy atom. The number of para-hydroxylation sites is 1. The molecule has 0 unspecified atom stereocenters. The summed E-state index contributed by atoms with van der Waals surface area (Å²) in [6, 6.07) is 7.90. The van der Waals surface area contributed by atoms with E-state index in [1.165, 1.54) is 7.05 Å². The van der Waals surface area contributed by atoms with Gasteiger partial charge in [0.1, 0.15) is 5.75 Å². The van der Waals surface area contributed by atoms with E-state index in [0.717, 1.165) is 35.0 Å². The fourth-order valence-electron chi connectivity index (χ4n) is 2.24. The second-order valence-electron chi connectivity index (χ2n) is 6.30. The predicted molar refractivity (Wildman–Crippen MR) is 86.3 cm³/mol. The van der Waals surface area contributed by atoms with E-state index in [1.807, 2.05) is 24.3 Å². The molecule has 1 aromatic carbocycles. The molecule has 0 bridgehead atoms. The molecular weight excluding hydrogens is 281 g/mol. The quantitative estimate of drug-likeness (QED) is 0.747. The maximum absolute atomic E-state index is 12.8. The molecule has 0 spiro atoms. The molecule has 5 heteroatoms. The Hall–Kier alpha value is -1.88. The van der Waals surface area contributed by atoms with E-state index in [0.29, 0.717) is 13.2 Å². The van der Waals surface area contributed by atoms with Crippen molar-refractivity contribution in [3.05, 3.63) is 36.8 Å². The number of nitrogens with zero attached hydrogens (tertiary/aromatic N) is 2. The number of imidazole rings is 1. The molecule has 0 amide bonds. The Morgan fingerprint density at radius 2 is 2.05 bits per heavy atom. The molecule has 2 rings (SSSR count). The molecule has 0 aliphatic heterocycles. The predicted octanol–water partition coefficient (Wildman–Crippen LogP) is 4.08. The summed E-state index contributed by atoms with van der Waals surface area (Å²) in [6.07, 6.45) is 5.11. The first-order valence-electron chi connectivity index (χ1n) is 7.55. The fraction of sp³-hybridized carbons (Fsp3) is 0.471. The first-order chi connectivity index (χ1) is 10.5. The van der Waals surface area contributed by atoms with Crippen LogP contribution < -0.4 is 4.74 Å². The van der Waals surface area contributed by atoms with Crippen molar-refractivity contribution in [2.24, 2.45) is 5.41 Å². The van der Waals surface area contributed by atoms with Crippen LogP contribution in [0.25, 0.3) is 11.3 Å². The van der Waals surface area contributed by atoms with E-state index in [2.05, 4.69) is 23.8 Å². The van der Waals surface area contributed by atoms with E-state index >= 15 is 0 Å². The van der Waals surface area contributed by atoms with Gasteiger partial charge >= 0.3 is 0 Å². The van der Waals surface area contributed by atoms with Crippen molar-refractivity contribution >= 4 is 0 Å². The van der Waals surface area contributed by atoms with Gasteiger partial charge in [-0.3, -0.25) is 0 Å². The van der Waals surface area contributed by atoms with Crippen molar-refractivity contribution < 1.29 is 9.22 Å². The molecule has 1 heterocycles. The molecule has 0 aliphatic rings. The number of nitrogens with one attached hydrogen (secondary N) is 1. The third-order valence-corrected chi connectivity index (χ3v) is 3.81. The van der Waals surface area contributed by atoms with Crippen molar-refractivity contribution in [1.29, 1.82) is 0 Å². The van der Waals surface area contributed by atoms with E-state index in [9.17, 15) is 4.48 Å². The smallest absolute Gasteiger partial charge is 0.128 e. The standard InChI is InChI=1S/C17H24FN3O/c1-17(2,8-10-21(3)18)9-11-22-16-7-5-4-6-14(16)15-12-19-13-20-15/h4-7,12-13H,8-11H2,1-3H3,(H,19,20). The SMILES string of the molecule is CN(F)CCC(C)(C)CCOc1ccccc1-c1cnc[nH]1. The molecule has 0 atom stereocenters. The lowest BCUT2D eigenvalue weighted by Gasteiger charge is -2.25. The van der Waals surface area contributed by atoms with Gasteiger partial charge in [0.15, 0.2) is 0 Å². The lowest BCUT2D eigenvalue weighted by molar-refractivity contribution is 0.0425. The summed E-state index contributed by atoms with van der Waals surface area (Å²) in [5.41, 5.74) is 1.98. The van der Waals surface area contributed by atoms with Crippen LogP contribution in [0.4, 0.5) is 4.48 Å². The Kier molecular flexibility index (Phi) is 5.55. The van der Waals surface area contributed by atoms with Crippen LogP contribution >= 0.6 is 0 Å². The van der Waals surface area contributed by atoms with Gasteiger partial charge in [0.25, 0.3) is 0 Å². The van der Waals surface area contributed by atoms with Crippen LogP contribution in [0, 0.1) is 5.41 Å². The van der Waals surface area contributed by atoms with E-state index in [1.54, 1.807) is 12.5 Å². The molecule has 0 saturated heterocycles. The largest absolute Gasteiger partial charge is 0.493 e. The first kappa shape index (κ1) is 16.5. The molecule has 120 valence electrons. The zero-order chi connectivity index (χ0) is 16.0. The van der Waals surface area contributed by atoms with Gasteiger partial charge in [-0.15, -0.1) is 9.60 Å². The lowest BCUT2D eigenvalue weighted by Crippen LogP contribution is -2.21. The Bertz CT molecular complexity index is 567. The van der Waals surface area contributed by atoms with Crippen molar-refractivity contribution in [2.45, 2.75) is 26.7 Å². The maximum Gasteiger partial charge on any atom is 0.128 e. The number of hydrogen-bond acceptors (Lipinski definition) is 3. The second-order valence-corrected chi connectivity index (χ2v) is 6.30. The summed E-state index contributed by atoms with van der Waals surface area (Å²) in [7, 11) is 1.45. The minimum absolute atomic E-state index is 0.0449. The molecule has 1 aromatic heterocycles. The number of ether oxygens (including phenoxy) is 1.